The van der Waals surface area contributed by atoms with Gasteiger partial charge in [0, 0.05) is 34.8 Å². The van der Waals surface area contributed by atoms with Crippen LogP contribution in [0.4, 0.5) is 5.69 Å². The highest BCUT2D eigenvalue weighted by Crippen LogP contribution is 2.29. The first-order chi connectivity index (χ1) is 7.50. The summed E-state index contributed by atoms with van der Waals surface area (Å²) in [7, 11) is 0. The topological polar surface area (TPSA) is 15.3 Å². The van der Waals surface area contributed by atoms with Crippen molar-refractivity contribution in [2.24, 2.45) is 0 Å². The summed E-state index contributed by atoms with van der Waals surface area (Å²) in [6.07, 6.45) is 0. The molecule has 2 nitrogen and oxygen atoms in total. The van der Waals surface area contributed by atoms with Gasteiger partial charge >= 0.3 is 0 Å². The largest absolute Gasteiger partial charge is 0.361 e. The highest BCUT2D eigenvalue weighted by Gasteiger charge is 2.33. The maximum atomic E-state index is 3.48. The zero-order chi connectivity index (χ0) is 11.8. The van der Waals surface area contributed by atoms with Crippen molar-refractivity contribution in [3.05, 3.63) is 28.7 Å². The molecule has 0 bridgehead atoms. The van der Waals surface area contributed by atoms with Crippen molar-refractivity contribution in [1.82, 2.24) is 5.32 Å². The van der Waals surface area contributed by atoms with Crippen molar-refractivity contribution >= 4 is 21.6 Å². The molecule has 1 aliphatic heterocycles. The molecule has 2 rings (SSSR count). The van der Waals surface area contributed by atoms with Gasteiger partial charge in [-0.05, 0) is 45.0 Å². The van der Waals surface area contributed by atoms with E-state index in [1.54, 1.807) is 0 Å². The van der Waals surface area contributed by atoms with Crippen molar-refractivity contribution in [2.75, 3.05) is 18.0 Å². The van der Waals surface area contributed by atoms with E-state index in [0.717, 1.165) is 17.6 Å². The monoisotopic (exact) mass is 282 g/mol. The summed E-state index contributed by atoms with van der Waals surface area (Å²) in [5.74, 6) is 0. The molecule has 0 aromatic heterocycles. The van der Waals surface area contributed by atoms with Crippen LogP contribution in [-0.2, 0) is 0 Å². The lowest BCUT2D eigenvalue weighted by atomic mass is 9.95. The average Bonchev–Trinajstić information content (AvgIpc) is 2.19. The second-order valence-electron chi connectivity index (χ2n) is 5.14. The molecule has 3 heteroatoms. The van der Waals surface area contributed by atoms with E-state index < -0.39 is 0 Å². The second kappa shape index (κ2) is 4.38. The molecule has 1 N–H and O–H groups in total. The van der Waals surface area contributed by atoms with Gasteiger partial charge in [0.05, 0.1) is 0 Å². The molecular weight excluding hydrogens is 264 g/mol. The van der Waals surface area contributed by atoms with Gasteiger partial charge in [0.1, 0.15) is 0 Å². The number of hydrogen-bond acceptors (Lipinski definition) is 2. The molecule has 88 valence electrons. The van der Waals surface area contributed by atoms with E-state index in [9.17, 15) is 0 Å². The van der Waals surface area contributed by atoms with Gasteiger partial charge in [-0.1, -0.05) is 15.9 Å². The van der Waals surface area contributed by atoms with E-state index in [1.807, 2.05) is 0 Å². The SMILES string of the molecule is CC1CNCC(C)(C)N1c1ccc(Br)cc1. The second-order valence-corrected chi connectivity index (χ2v) is 6.05. The zero-order valence-electron chi connectivity index (χ0n) is 10.1. The number of nitrogens with zero attached hydrogens (tertiary/aromatic N) is 1. The number of anilines is 1. The lowest BCUT2D eigenvalue weighted by Crippen LogP contribution is -2.62. The highest BCUT2D eigenvalue weighted by atomic mass is 79.9. The van der Waals surface area contributed by atoms with Gasteiger partial charge in [-0.2, -0.15) is 0 Å². The summed E-state index contributed by atoms with van der Waals surface area (Å²) in [5, 5.41) is 3.48. The van der Waals surface area contributed by atoms with Gasteiger partial charge in [0.25, 0.3) is 0 Å². The molecule has 1 heterocycles. The molecule has 0 spiro atoms. The fourth-order valence-electron chi connectivity index (χ4n) is 2.57. The first kappa shape index (κ1) is 11.9. The molecule has 1 aromatic carbocycles. The molecule has 0 amide bonds. The van der Waals surface area contributed by atoms with E-state index >= 15 is 0 Å². The Balaban J connectivity index is 2.32. The summed E-state index contributed by atoms with van der Waals surface area (Å²) >= 11 is 3.48. The minimum absolute atomic E-state index is 0.172. The maximum Gasteiger partial charge on any atom is 0.0473 e. The third-order valence-corrected chi connectivity index (χ3v) is 3.72. The van der Waals surface area contributed by atoms with E-state index in [2.05, 4.69) is 71.2 Å². The molecule has 1 aliphatic rings. The Labute approximate surface area is 106 Å². The maximum absolute atomic E-state index is 3.48. The van der Waals surface area contributed by atoms with Crippen molar-refractivity contribution in [3.8, 4) is 0 Å². The number of nitrogens with one attached hydrogen (secondary N) is 1. The average molecular weight is 283 g/mol. The van der Waals surface area contributed by atoms with E-state index in [0.29, 0.717) is 6.04 Å². The molecule has 1 saturated heterocycles. The van der Waals surface area contributed by atoms with Gasteiger partial charge in [0.2, 0.25) is 0 Å². The van der Waals surface area contributed by atoms with Crippen molar-refractivity contribution in [3.63, 3.8) is 0 Å². The molecule has 0 saturated carbocycles. The Morgan fingerprint density at radius 1 is 1.31 bits per heavy atom. The number of piperazine rings is 1. The van der Waals surface area contributed by atoms with Crippen LogP contribution in [0.2, 0.25) is 0 Å². The summed E-state index contributed by atoms with van der Waals surface area (Å²) in [4.78, 5) is 2.51. The minimum atomic E-state index is 0.172. The minimum Gasteiger partial charge on any atom is -0.361 e. The van der Waals surface area contributed by atoms with Gasteiger partial charge in [-0.3, -0.25) is 0 Å². The van der Waals surface area contributed by atoms with Crippen LogP contribution in [0.5, 0.6) is 0 Å². The van der Waals surface area contributed by atoms with E-state index in [1.165, 1.54) is 5.69 Å². The lowest BCUT2D eigenvalue weighted by molar-refractivity contribution is 0.334. The quantitative estimate of drug-likeness (QED) is 0.852. The molecule has 1 unspecified atom stereocenters. The van der Waals surface area contributed by atoms with Gasteiger partial charge in [0.15, 0.2) is 0 Å². The standard InChI is InChI=1S/C13H19BrN2/c1-10-8-15-9-13(2,3)16(10)12-6-4-11(14)5-7-12/h4-7,10,15H,8-9H2,1-3H3. The fourth-order valence-corrected chi connectivity index (χ4v) is 2.83. The summed E-state index contributed by atoms with van der Waals surface area (Å²) in [5.41, 5.74) is 1.48. The normalized spacial score (nSPS) is 24.5. The third-order valence-electron chi connectivity index (χ3n) is 3.20. The zero-order valence-corrected chi connectivity index (χ0v) is 11.7. The number of hydrogen-bond donors (Lipinski definition) is 1. The van der Waals surface area contributed by atoms with Gasteiger partial charge < -0.3 is 10.2 Å². The molecule has 16 heavy (non-hydrogen) atoms. The van der Waals surface area contributed by atoms with Crippen LogP contribution >= 0.6 is 15.9 Å². The Bertz CT molecular complexity index is 359. The van der Waals surface area contributed by atoms with Crippen molar-refractivity contribution < 1.29 is 0 Å². The summed E-state index contributed by atoms with van der Waals surface area (Å²) in [6, 6.07) is 9.13. The Hall–Kier alpha value is -0.540. The smallest absolute Gasteiger partial charge is 0.0473 e. The van der Waals surface area contributed by atoms with Crippen LogP contribution in [-0.4, -0.2) is 24.7 Å². The molecule has 1 atom stereocenters. The van der Waals surface area contributed by atoms with Gasteiger partial charge in [-0.25, -0.2) is 0 Å². The first-order valence-electron chi connectivity index (χ1n) is 5.76. The molecule has 1 fully saturated rings. The third kappa shape index (κ3) is 2.25. The Morgan fingerprint density at radius 3 is 2.50 bits per heavy atom. The van der Waals surface area contributed by atoms with Crippen LogP contribution in [0, 0.1) is 0 Å². The number of rotatable bonds is 1. The van der Waals surface area contributed by atoms with Crippen LogP contribution in [0.15, 0.2) is 28.7 Å². The van der Waals surface area contributed by atoms with Crippen molar-refractivity contribution in [1.29, 1.82) is 0 Å². The van der Waals surface area contributed by atoms with E-state index in [-0.39, 0.29) is 5.54 Å². The molecular formula is C13H19BrN2. The Kier molecular flexibility index (Phi) is 3.27. The van der Waals surface area contributed by atoms with Gasteiger partial charge in [-0.15, -0.1) is 0 Å². The van der Waals surface area contributed by atoms with Crippen LogP contribution in [0.25, 0.3) is 0 Å². The lowest BCUT2D eigenvalue weighted by Gasteiger charge is -2.48. The van der Waals surface area contributed by atoms with Crippen LogP contribution in [0.1, 0.15) is 20.8 Å². The van der Waals surface area contributed by atoms with Crippen LogP contribution < -0.4 is 10.2 Å². The number of halogens is 1. The summed E-state index contributed by atoms with van der Waals surface area (Å²) in [6.45, 7) is 8.94. The summed E-state index contributed by atoms with van der Waals surface area (Å²) < 4.78 is 1.14. The van der Waals surface area contributed by atoms with Crippen LogP contribution in [0.3, 0.4) is 0 Å². The molecule has 0 aliphatic carbocycles. The highest BCUT2D eigenvalue weighted by molar-refractivity contribution is 9.10. The Morgan fingerprint density at radius 2 is 1.94 bits per heavy atom. The fraction of sp³-hybridized carbons (Fsp3) is 0.538. The molecule has 1 aromatic rings. The predicted octanol–water partition coefficient (Wildman–Crippen LogP) is 3.03. The van der Waals surface area contributed by atoms with Crippen molar-refractivity contribution in [2.45, 2.75) is 32.4 Å². The molecule has 0 radical (unpaired) electrons. The number of benzene rings is 1. The first-order valence-corrected chi connectivity index (χ1v) is 6.56. The van der Waals surface area contributed by atoms with E-state index in [4.69, 9.17) is 0 Å². The predicted molar refractivity (Wildman–Crippen MR) is 73.0 cm³/mol.